The topological polar surface area (TPSA) is 78.1 Å². The van der Waals surface area contributed by atoms with E-state index in [4.69, 9.17) is 10.5 Å². The van der Waals surface area contributed by atoms with Crippen LogP contribution < -0.4 is 10.5 Å². The van der Waals surface area contributed by atoms with Crippen molar-refractivity contribution in [3.8, 4) is 11.5 Å². The number of rotatable bonds is 3. The molecule has 0 saturated heterocycles. The lowest BCUT2D eigenvalue weighted by molar-refractivity contribution is 0.0993. The predicted molar refractivity (Wildman–Crippen MR) is 57.1 cm³/mol. The van der Waals surface area contributed by atoms with E-state index < -0.39 is 5.91 Å². The summed E-state index contributed by atoms with van der Waals surface area (Å²) in [7, 11) is 0. The van der Waals surface area contributed by atoms with Gasteiger partial charge in [0.25, 0.3) is 5.91 Å². The first-order valence-electron chi connectivity index (χ1n) is 4.60. The summed E-state index contributed by atoms with van der Waals surface area (Å²) in [5.74, 6) is 0.223. The molecule has 0 aliphatic carbocycles. The van der Waals surface area contributed by atoms with Crippen LogP contribution in [0.5, 0.6) is 11.5 Å². The van der Waals surface area contributed by atoms with E-state index in [-0.39, 0.29) is 5.69 Å². The van der Waals surface area contributed by atoms with Crippen molar-refractivity contribution in [3.05, 3.63) is 48.5 Å². The fourth-order valence-electron chi connectivity index (χ4n) is 1.19. The second-order valence-electron chi connectivity index (χ2n) is 3.01. The average Bonchev–Trinajstić information content (AvgIpc) is 2.31. The van der Waals surface area contributed by atoms with Gasteiger partial charge in [0.2, 0.25) is 0 Å². The minimum absolute atomic E-state index is 0.103. The first-order valence-corrected chi connectivity index (χ1v) is 4.60. The van der Waals surface area contributed by atoms with Crippen LogP contribution in [0.15, 0.2) is 42.9 Å². The van der Waals surface area contributed by atoms with Crippen LogP contribution in [0.1, 0.15) is 10.5 Å². The van der Waals surface area contributed by atoms with Gasteiger partial charge in [0.15, 0.2) is 11.4 Å². The molecule has 16 heavy (non-hydrogen) atoms. The van der Waals surface area contributed by atoms with Gasteiger partial charge in [0.1, 0.15) is 5.75 Å². The number of hydrogen-bond donors (Lipinski definition) is 1. The minimum Gasteiger partial charge on any atom is -0.453 e. The number of primary amides is 1. The fourth-order valence-corrected chi connectivity index (χ4v) is 1.19. The number of hydrogen-bond acceptors (Lipinski definition) is 4. The lowest BCUT2D eigenvalue weighted by Gasteiger charge is -2.06. The molecule has 2 aromatic rings. The van der Waals surface area contributed by atoms with Crippen LogP contribution in [0.3, 0.4) is 0 Å². The predicted octanol–water partition coefficient (Wildman–Crippen LogP) is 1.37. The molecule has 0 saturated carbocycles. The molecule has 0 fully saturated rings. The molecule has 0 aliphatic heterocycles. The van der Waals surface area contributed by atoms with Crippen LogP contribution in [0.25, 0.3) is 0 Å². The summed E-state index contributed by atoms with van der Waals surface area (Å²) in [6, 6.07) is 6.75. The van der Waals surface area contributed by atoms with Crippen molar-refractivity contribution in [2.24, 2.45) is 5.73 Å². The van der Waals surface area contributed by atoms with Crippen LogP contribution in [-0.4, -0.2) is 15.9 Å². The summed E-state index contributed by atoms with van der Waals surface area (Å²) < 4.78 is 5.44. The Labute approximate surface area is 91.9 Å². The molecule has 0 radical (unpaired) electrons. The zero-order valence-electron chi connectivity index (χ0n) is 8.33. The maximum Gasteiger partial charge on any atom is 0.271 e. The molecule has 0 atom stereocenters. The zero-order chi connectivity index (χ0) is 11.4. The molecule has 2 N–H and O–H groups in total. The van der Waals surface area contributed by atoms with Crippen molar-refractivity contribution in [2.45, 2.75) is 0 Å². The van der Waals surface area contributed by atoms with Gasteiger partial charge in [-0.05, 0) is 24.3 Å². The van der Waals surface area contributed by atoms with Gasteiger partial charge >= 0.3 is 0 Å². The van der Waals surface area contributed by atoms with E-state index in [1.54, 1.807) is 30.5 Å². The molecule has 5 heteroatoms. The van der Waals surface area contributed by atoms with E-state index in [0.29, 0.717) is 11.5 Å². The summed E-state index contributed by atoms with van der Waals surface area (Å²) in [5.41, 5.74) is 5.27. The zero-order valence-corrected chi connectivity index (χ0v) is 8.33. The van der Waals surface area contributed by atoms with E-state index in [2.05, 4.69) is 9.97 Å². The van der Waals surface area contributed by atoms with Crippen LogP contribution in [-0.2, 0) is 0 Å². The SMILES string of the molecule is NC(=O)c1ncccc1Oc1cccnc1. The Morgan fingerprint density at radius 3 is 2.75 bits per heavy atom. The molecule has 0 aromatic carbocycles. The molecule has 2 aromatic heterocycles. The van der Waals surface area contributed by atoms with Crippen molar-refractivity contribution in [1.82, 2.24) is 9.97 Å². The van der Waals surface area contributed by atoms with Crippen molar-refractivity contribution >= 4 is 5.91 Å². The minimum atomic E-state index is -0.625. The van der Waals surface area contributed by atoms with Crippen molar-refractivity contribution in [1.29, 1.82) is 0 Å². The molecule has 80 valence electrons. The maximum atomic E-state index is 11.1. The molecule has 0 spiro atoms. The van der Waals surface area contributed by atoms with E-state index in [1.165, 1.54) is 12.4 Å². The van der Waals surface area contributed by atoms with Gasteiger partial charge in [0.05, 0.1) is 6.20 Å². The van der Waals surface area contributed by atoms with Crippen LogP contribution in [0.2, 0.25) is 0 Å². The summed E-state index contributed by atoms with van der Waals surface area (Å²) in [5, 5.41) is 0. The quantitative estimate of drug-likeness (QED) is 0.838. The highest BCUT2D eigenvalue weighted by Crippen LogP contribution is 2.22. The third-order valence-corrected chi connectivity index (χ3v) is 1.87. The summed E-state index contributed by atoms with van der Waals surface area (Å²) in [6.07, 6.45) is 4.65. The molecule has 0 unspecified atom stereocenters. The number of nitrogens with zero attached hydrogens (tertiary/aromatic N) is 2. The van der Waals surface area contributed by atoms with Gasteiger partial charge in [-0.1, -0.05) is 0 Å². The standard InChI is InChI=1S/C11H9N3O2/c12-11(15)10-9(4-2-6-14-10)16-8-3-1-5-13-7-8/h1-7H,(H2,12,15). The van der Waals surface area contributed by atoms with E-state index in [1.807, 2.05) is 0 Å². The Bertz CT molecular complexity index is 500. The van der Waals surface area contributed by atoms with Gasteiger partial charge in [-0.3, -0.25) is 9.78 Å². The van der Waals surface area contributed by atoms with Gasteiger partial charge in [-0.25, -0.2) is 4.98 Å². The smallest absolute Gasteiger partial charge is 0.271 e. The molecular formula is C11H9N3O2. The van der Waals surface area contributed by atoms with Gasteiger partial charge in [-0.15, -0.1) is 0 Å². The fraction of sp³-hybridized carbons (Fsp3) is 0. The largest absolute Gasteiger partial charge is 0.453 e. The summed E-state index contributed by atoms with van der Waals surface area (Å²) in [6.45, 7) is 0. The first-order chi connectivity index (χ1) is 7.77. The van der Waals surface area contributed by atoms with Crippen molar-refractivity contribution in [3.63, 3.8) is 0 Å². The third-order valence-electron chi connectivity index (χ3n) is 1.87. The lowest BCUT2D eigenvalue weighted by Crippen LogP contribution is -2.14. The number of carbonyl (C=O) groups is 1. The van der Waals surface area contributed by atoms with Crippen LogP contribution >= 0.6 is 0 Å². The number of aromatic nitrogens is 2. The first kappa shape index (κ1) is 10.1. The number of ether oxygens (including phenoxy) is 1. The Balaban J connectivity index is 2.31. The van der Waals surface area contributed by atoms with E-state index in [0.717, 1.165) is 0 Å². The second kappa shape index (κ2) is 4.39. The number of pyridine rings is 2. The maximum absolute atomic E-state index is 11.1. The number of carbonyl (C=O) groups excluding carboxylic acids is 1. The highest BCUT2D eigenvalue weighted by molar-refractivity contribution is 5.93. The number of nitrogens with two attached hydrogens (primary N) is 1. The Morgan fingerprint density at radius 2 is 2.06 bits per heavy atom. The van der Waals surface area contributed by atoms with Crippen molar-refractivity contribution in [2.75, 3.05) is 0 Å². The monoisotopic (exact) mass is 215 g/mol. The molecule has 0 aliphatic rings. The normalized spacial score (nSPS) is 9.75. The molecule has 2 heterocycles. The molecular weight excluding hydrogens is 206 g/mol. The summed E-state index contributed by atoms with van der Waals surface area (Å²) >= 11 is 0. The molecule has 5 nitrogen and oxygen atoms in total. The van der Waals surface area contributed by atoms with Gasteiger partial charge in [0, 0.05) is 12.4 Å². The molecule has 1 amide bonds. The Kier molecular flexibility index (Phi) is 2.77. The van der Waals surface area contributed by atoms with Crippen LogP contribution in [0, 0.1) is 0 Å². The average molecular weight is 215 g/mol. The summed E-state index contributed by atoms with van der Waals surface area (Å²) in [4.78, 5) is 18.8. The van der Waals surface area contributed by atoms with Gasteiger partial charge in [-0.2, -0.15) is 0 Å². The molecule has 2 rings (SSSR count). The molecule has 0 bridgehead atoms. The van der Waals surface area contributed by atoms with Crippen molar-refractivity contribution < 1.29 is 9.53 Å². The number of amides is 1. The Morgan fingerprint density at radius 1 is 1.25 bits per heavy atom. The second-order valence-corrected chi connectivity index (χ2v) is 3.01. The highest BCUT2D eigenvalue weighted by Gasteiger charge is 2.10. The van der Waals surface area contributed by atoms with Gasteiger partial charge < -0.3 is 10.5 Å². The van der Waals surface area contributed by atoms with Crippen LogP contribution in [0.4, 0.5) is 0 Å². The Hall–Kier alpha value is -2.43. The highest BCUT2D eigenvalue weighted by atomic mass is 16.5. The van der Waals surface area contributed by atoms with E-state index in [9.17, 15) is 4.79 Å². The van der Waals surface area contributed by atoms with E-state index >= 15 is 0 Å². The third kappa shape index (κ3) is 2.14. The lowest BCUT2D eigenvalue weighted by atomic mass is 10.3.